The number of hydrogen-bond acceptors (Lipinski definition) is 5. The molecule has 2 aromatic rings. The first-order valence-corrected chi connectivity index (χ1v) is 12.4. The number of anilines is 1. The fourth-order valence-corrected chi connectivity index (χ4v) is 5.19. The molecule has 2 heterocycles. The molecular weight excluding hydrogens is 464 g/mol. The quantitative estimate of drug-likeness (QED) is 0.629. The zero-order chi connectivity index (χ0) is 25.8. The number of carbonyl (C=O) groups is 2. The zero-order valence-corrected chi connectivity index (χ0v) is 20.6. The SMILES string of the molecule is Cc1c(CN2CCN(C(=O)C3CCCC3)[C@@H](C)C2)cc(C#N)cc1NC(=O)c1ccnc(C(F)F)c1. The molecule has 1 atom stereocenters. The lowest BCUT2D eigenvalue weighted by atomic mass is 10.0. The molecule has 2 aliphatic rings. The first-order chi connectivity index (χ1) is 17.3. The van der Waals surface area contributed by atoms with E-state index in [2.05, 4.69) is 28.2 Å². The molecule has 1 aromatic carbocycles. The highest BCUT2D eigenvalue weighted by atomic mass is 19.3. The van der Waals surface area contributed by atoms with E-state index in [1.807, 2.05) is 17.9 Å². The maximum Gasteiger partial charge on any atom is 0.280 e. The third-order valence-electron chi connectivity index (χ3n) is 7.25. The normalized spacial score (nSPS) is 18.9. The van der Waals surface area contributed by atoms with Crippen LogP contribution in [0.3, 0.4) is 0 Å². The van der Waals surface area contributed by atoms with Crippen LogP contribution in [0.4, 0.5) is 14.5 Å². The summed E-state index contributed by atoms with van der Waals surface area (Å²) in [6, 6.07) is 8.08. The minimum atomic E-state index is -2.77. The van der Waals surface area contributed by atoms with Crippen molar-refractivity contribution >= 4 is 17.5 Å². The van der Waals surface area contributed by atoms with Gasteiger partial charge in [-0.05, 0) is 62.1 Å². The van der Waals surface area contributed by atoms with E-state index in [0.717, 1.165) is 56.0 Å². The molecule has 1 aliphatic heterocycles. The molecule has 2 amide bonds. The second-order valence-electron chi connectivity index (χ2n) is 9.74. The zero-order valence-electron chi connectivity index (χ0n) is 20.6. The maximum atomic E-state index is 13.0. The van der Waals surface area contributed by atoms with E-state index in [1.165, 1.54) is 12.3 Å². The second kappa shape index (κ2) is 11.1. The van der Waals surface area contributed by atoms with Crippen molar-refractivity contribution < 1.29 is 18.4 Å². The molecule has 1 N–H and O–H groups in total. The summed E-state index contributed by atoms with van der Waals surface area (Å²) in [6.07, 6.45) is 2.65. The Hall–Kier alpha value is -3.38. The molecule has 0 spiro atoms. The summed E-state index contributed by atoms with van der Waals surface area (Å²) in [5, 5.41) is 12.3. The van der Waals surface area contributed by atoms with Gasteiger partial charge < -0.3 is 10.2 Å². The first kappa shape index (κ1) is 25.7. The second-order valence-corrected chi connectivity index (χ2v) is 9.74. The van der Waals surface area contributed by atoms with Crippen LogP contribution in [0.5, 0.6) is 0 Å². The Balaban J connectivity index is 1.47. The average Bonchev–Trinajstić information content (AvgIpc) is 3.41. The van der Waals surface area contributed by atoms with Crippen molar-refractivity contribution in [3.8, 4) is 6.07 Å². The minimum absolute atomic E-state index is 0.0699. The molecule has 190 valence electrons. The minimum Gasteiger partial charge on any atom is -0.337 e. The molecule has 0 radical (unpaired) electrons. The standard InChI is InChI=1S/C27H31F2N5O2/c1-17-15-33(9-10-34(17)27(36)20-5-3-4-6-20)16-22-11-19(14-30)12-23(18(22)2)32-26(35)21-7-8-31-24(13-21)25(28)29/h7-8,11-13,17,20,25H,3-6,9-10,15-16H2,1-2H3,(H,32,35)/t17-/m0/s1. The number of halogens is 2. The van der Waals surface area contributed by atoms with Crippen molar-refractivity contribution in [2.75, 3.05) is 25.0 Å². The van der Waals surface area contributed by atoms with Gasteiger partial charge in [0.25, 0.3) is 12.3 Å². The van der Waals surface area contributed by atoms with Gasteiger partial charge in [0.2, 0.25) is 5.91 Å². The number of carbonyl (C=O) groups excluding carboxylic acids is 2. The van der Waals surface area contributed by atoms with Gasteiger partial charge >= 0.3 is 0 Å². The molecule has 4 rings (SSSR count). The topological polar surface area (TPSA) is 89.3 Å². The fourth-order valence-electron chi connectivity index (χ4n) is 5.19. The van der Waals surface area contributed by atoms with Crippen LogP contribution in [0.15, 0.2) is 30.5 Å². The molecule has 7 nitrogen and oxygen atoms in total. The Morgan fingerprint density at radius 1 is 1.22 bits per heavy atom. The highest BCUT2D eigenvalue weighted by Crippen LogP contribution is 2.29. The van der Waals surface area contributed by atoms with Crippen LogP contribution in [0, 0.1) is 24.2 Å². The van der Waals surface area contributed by atoms with Gasteiger partial charge in [-0.15, -0.1) is 0 Å². The number of piperazine rings is 1. The predicted octanol–water partition coefficient (Wildman–Crippen LogP) is 4.67. The van der Waals surface area contributed by atoms with Crippen LogP contribution >= 0.6 is 0 Å². The van der Waals surface area contributed by atoms with Gasteiger partial charge in [-0.3, -0.25) is 19.5 Å². The summed E-state index contributed by atoms with van der Waals surface area (Å²) < 4.78 is 26.0. The summed E-state index contributed by atoms with van der Waals surface area (Å²) in [6.45, 7) is 6.65. The van der Waals surface area contributed by atoms with Crippen molar-refractivity contribution in [3.05, 3.63) is 58.4 Å². The van der Waals surface area contributed by atoms with Crippen molar-refractivity contribution in [1.82, 2.24) is 14.8 Å². The lowest BCUT2D eigenvalue weighted by Crippen LogP contribution is -2.54. The molecule has 1 saturated carbocycles. The van der Waals surface area contributed by atoms with Crippen LogP contribution in [-0.2, 0) is 11.3 Å². The molecule has 36 heavy (non-hydrogen) atoms. The van der Waals surface area contributed by atoms with Crippen LogP contribution in [0.25, 0.3) is 0 Å². The van der Waals surface area contributed by atoms with Crippen LogP contribution in [0.2, 0.25) is 0 Å². The molecule has 1 aromatic heterocycles. The maximum absolute atomic E-state index is 13.0. The van der Waals surface area contributed by atoms with Crippen molar-refractivity contribution in [2.24, 2.45) is 5.92 Å². The average molecular weight is 496 g/mol. The Morgan fingerprint density at radius 3 is 2.64 bits per heavy atom. The van der Waals surface area contributed by atoms with Gasteiger partial charge in [-0.1, -0.05) is 12.8 Å². The molecular formula is C27H31F2N5O2. The van der Waals surface area contributed by atoms with Crippen LogP contribution in [0.1, 0.15) is 71.8 Å². The van der Waals surface area contributed by atoms with E-state index < -0.39 is 18.0 Å². The lowest BCUT2D eigenvalue weighted by molar-refractivity contribution is -0.140. The molecule has 9 heteroatoms. The van der Waals surface area contributed by atoms with Gasteiger partial charge in [0.05, 0.1) is 11.6 Å². The van der Waals surface area contributed by atoms with E-state index in [9.17, 15) is 23.6 Å². The summed E-state index contributed by atoms with van der Waals surface area (Å²) in [7, 11) is 0. The van der Waals surface area contributed by atoms with Crippen molar-refractivity contribution in [1.29, 1.82) is 5.26 Å². The Bertz CT molecular complexity index is 1170. The highest BCUT2D eigenvalue weighted by Gasteiger charge is 2.33. The third kappa shape index (κ3) is 5.71. The first-order valence-electron chi connectivity index (χ1n) is 12.4. The van der Waals surface area contributed by atoms with E-state index in [0.29, 0.717) is 24.3 Å². The number of rotatable bonds is 6. The molecule has 0 unspecified atom stereocenters. The predicted molar refractivity (Wildman–Crippen MR) is 131 cm³/mol. The number of benzene rings is 1. The van der Waals surface area contributed by atoms with E-state index in [-0.39, 0.29) is 23.4 Å². The Morgan fingerprint density at radius 2 is 1.97 bits per heavy atom. The summed E-state index contributed by atoms with van der Waals surface area (Å²) in [5.74, 6) is -0.105. The fraction of sp³-hybridized carbons (Fsp3) is 0.481. The van der Waals surface area contributed by atoms with Gasteiger partial charge in [0.15, 0.2) is 0 Å². The van der Waals surface area contributed by atoms with Gasteiger partial charge in [-0.25, -0.2) is 8.78 Å². The van der Waals surface area contributed by atoms with Gasteiger partial charge in [0, 0.05) is 55.6 Å². The number of nitriles is 1. The Kier molecular flexibility index (Phi) is 7.94. The summed E-state index contributed by atoms with van der Waals surface area (Å²) in [5.41, 5.74) is 2.17. The van der Waals surface area contributed by atoms with Crippen LogP contribution < -0.4 is 5.32 Å². The van der Waals surface area contributed by atoms with E-state index >= 15 is 0 Å². The van der Waals surface area contributed by atoms with E-state index in [4.69, 9.17) is 0 Å². The van der Waals surface area contributed by atoms with Gasteiger partial charge in [-0.2, -0.15) is 5.26 Å². The number of amides is 2. The van der Waals surface area contributed by atoms with Gasteiger partial charge in [0.1, 0.15) is 5.69 Å². The number of pyridine rings is 1. The molecule has 2 fully saturated rings. The lowest BCUT2D eigenvalue weighted by Gasteiger charge is -2.41. The molecule has 0 bridgehead atoms. The van der Waals surface area contributed by atoms with Crippen molar-refractivity contribution in [3.63, 3.8) is 0 Å². The number of nitrogens with one attached hydrogen (secondary N) is 1. The van der Waals surface area contributed by atoms with Crippen molar-refractivity contribution in [2.45, 2.75) is 58.5 Å². The molecule has 1 saturated heterocycles. The summed E-state index contributed by atoms with van der Waals surface area (Å²) in [4.78, 5) is 33.6. The third-order valence-corrected chi connectivity index (χ3v) is 7.25. The van der Waals surface area contributed by atoms with E-state index in [1.54, 1.807) is 6.07 Å². The highest BCUT2D eigenvalue weighted by molar-refractivity contribution is 6.04. The molecule has 1 aliphatic carbocycles. The number of hydrogen-bond donors (Lipinski definition) is 1. The monoisotopic (exact) mass is 495 g/mol. The smallest absolute Gasteiger partial charge is 0.280 e. The largest absolute Gasteiger partial charge is 0.337 e. The number of alkyl halides is 2. The number of nitrogens with zero attached hydrogens (tertiary/aromatic N) is 4. The van der Waals surface area contributed by atoms with Crippen LogP contribution in [-0.4, -0.2) is 52.3 Å². The Labute approximate surface area is 210 Å². The number of aromatic nitrogens is 1. The summed E-state index contributed by atoms with van der Waals surface area (Å²) >= 11 is 0.